The molecule has 0 unspecified atom stereocenters. The number of rotatable bonds is 4. The standard InChI is InChI=1S/C15H17FN2O2S/c1-11-8-12(10-17)6-7-15(11)21(19,20)18(2)14-5-3-4-13(16)9-14/h3-9H,10,17H2,1-2H3. The third-order valence-corrected chi connectivity index (χ3v) is 5.23. The van der Waals surface area contributed by atoms with Gasteiger partial charge in [0.1, 0.15) is 5.82 Å². The first kappa shape index (κ1) is 15.5. The summed E-state index contributed by atoms with van der Waals surface area (Å²) in [7, 11) is -2.34. The van der Waals surface area contributed by atoms with Crippen molar-refractivity contribution in [1.82, 2.24) is 0 Å². The van der Waals surface area contributed by atoms with E-state index in [4.69, 9.17) is 5.73 Å². The number of sulfonamides is 1. The SMILES string of the molecule is Cc1cc(CN)ccc1S(=O)(=O)N(C)c1cccc(F)c1. The van der Waals surface area contributed by atoms with Crippen molar-refractivity contribution >= 4 is 15.7 Å². The molecule has 0 bridgehead atoms. The summed E-state index contributed by atoms with van der Waals surface area (Å²) in [6, 6.07) is 10.4. The molecule has 0 aromatic heterocycles. The first-order valence-corrected chi connectivity index (χ1v) is 7.84. The Labute approximate surface area is 124 Å². The molecule has 2 aromatic rings. The molecule has 0 radical (unpaired) electrons. The van der Waals surface area contributed by atoms with E-state index in [0.717, 1.165) is 9.87 Å². The lowest BCUT2D eigenvalue weighted by Gasteiger charge is -2.21. The average Bonchev–Trinajstić information content (AvgIpc) is 2.45. The molecule has 112 valence electrons. The Morgan fingerprint density at radius 2 is 1.90 bits per heavy atom. The Morgan fingerprint density at radius 3 is 2.48 bits per heavy atom. The Kier molecular flexibility index (Phi) is 4.29. The second-order valence-electron chi connectivity index (χ2n) is 4.76. The molecule has 0 aliphatic heterocycles. The van der Waals surface area contributed by atoms with E-state index in [1.165, 1.54) is 31.3 Å². The molecular formula is C15H17FN2O2S. The van der Waals surface area contributed by atoms with E-state index < -0.39 is 15.8 Å². The number of anilines is 1. The highest BCUT2D eigenvalue weighted by Gasteiger charge is 2.23. The van der Waals surface area contributed by atoms with Gasteiger partial charge in [-0.1, -0.05) is 18.2 Å². The fourth-order valence-corrected chi connectivity index (χ4v) is 3.48. The quantitative estimate of drug-likeness (QED) is 0.943. The van der Waals surface area contributed by atoms with Crippen LogP contribution in [0.4, 0.5) is 10.1 Å². The summed E-state index contributed by atoms with van der Waals surface area (Å²) in [6.07, 6.45) is 0. The molecule has 4 nitrogen and oxygen atoms in total. The van der Waals surface area contributed by atoms with Crippen LogP contribution in [-0.4, -0.2) is 15.5 Å². The van der Waals surface area contributed by atoms with Gasteiger partial charge in [0.05, 0.1) is 10.6 Å². The Balaban J connectivity index is 2.47. The number of hydrogen-bond acceptors (Lipinski definition) is 3. The summed E-state index contributed by atoms with van der Waals surface area (Å²) in [5.74, 6) is -0.482. The van der Waals surface area contributed by atoms with Crippen LogP contribution in [0.15, 0.2) is 47.4 Å². The minimum absolute atomic E-state index is 0.187. The summed E-state index contributed by atoms with van der Waals surface area (Å²) in [5.41, 5.74) is 7.29. The summed E-state index contributed by atoms with van der Waals surface area (Å²) in [4.78, 5) is 0.187. The van der Waals surface area contributed by atoms with Gasteiger partial charge >= 0.3 is 0 Å². The maximum atomic E-state index is 13.3. The van der Waals surface area contributed by atoms with Crippen molar-refractivity contribution in [1.29, 1.82) is 0 Å². The minimum atomic E-state index is -3.74. The fraction of sp³-hybridized carbons (Fsp3) is 0.200. The molecule has 2 aromatic carbocycles. The van der Waals surface area contributed by atoms with Crippen LogP contribution in [-0.2, 0) is 16.6 Å². The third-order valence-electron chi connectivity index (χ3n) is 3.29. The molecule has 0 amide bonds. The zero-order chi connectivity index (χ0) is 15.6. The molecule has 0 fully saturated rings. The van der Waals surface area contributed by atoms with E-state index in [2.05, 4.69) is 0 Å². The zero-order valence-electron chi connectivity index (χ0n) is 11.9. The molecule has 0 saturated carbocycles. The lowest BCUT2D eigenvalue weighted by atomic mass is 10.1. The van der Waals surface area contributed by atoms with Gasteiger partial charge < -0.3 is 5.73 Å². The Bertz CT molecular complexity index is 760. The smallest absolute Gasteiger partial charge is 0.264 e. The zero-order valence-corrected chi connectivity index (χ0v) is 12.7. The highest BCUT2D eigenvalue weighted by molar-refractivity contribution is 7.92. The van der Waals surface area contributed by atoms with Crippen LogP contribution in [0, 0.1) is 12.7 Å². The second-order valence-corrected chi connectivity index (χ2v) is 6.69. The highest BCUT2D eigenvalue weighted by Crippen LogP contribution is 2.25. The van der Waals surface area contributed by atoms with Gasteiger partial charge in [-0.25, -0.2) is 12.8 Å². The molecule has 0 aliphatic rings. The van der Waals surface area contributed by atoms with Crippen molar-refractivity contribution in [3.8, 4) is 0 Å². The molecule has 0 atom stereocenters. The van der Waals surface area contributed by atoms with Crippen LogP contribution < -0.4 is 10.0 Å². The lowest BCUT2D eigenvalue weighted by molar-refractivity contribution is 0.593. The number of halogens is 1. The van der Waals surface area contributed by atoms with E-state index in [-0.39, 0.29) is 10.6 Å². The summed E-state index contributed by atoms with van der Waals surface area (Å²) in [6.45, 7) is 2.06. The van der Waals surface area contributed by atoms with Gasteiger partial charge in [-0.2, -0.15) is 0 Å². The highest BCUT2D eigenvalue weighted by atomic mass is 32.2. The van der Waals surface area contributed by atoms with Gasteiger partial charge in [0.2, 0.25) is 0 Å². The number of hydrogen-bond donors (Lipinski definition) is 1. The molecule has 0 saturated heterocycles. The van der Waals surface area contributed by atoms with E-state index in [0.29, 0.717) is 12.1 Å². The maximum absolute atomic E-state index is 13.3. The van der Waals surface area contributed by atoms with Crippen LogP contribution in [0.25, 0.3) is 0 Å². The fourth-order valence-electron chi connectivity index (χ4n) is 2.09. The molecule has 0 aliphatic carbocycles. The largest absolute Gasteiger partial charge is 0.326 e. The first-order valence-electron chi connectivity index (χ1n) is 6.40. The van der Waals surface area contributed by atoms with E-state index >= 15 is 0 Å². The van der Waals surface area contributed by atoms with Crippen molar-refractivity contribution in [3.63, 3.8) is 0 Å². The van der Waals surface area contributed by atoms with Gasteiger partial charge in [0, 0.05) is 13.6 Å². The summed E-state index contributed by atoms with van der Waals surface area (Å²) < 4.78 is 39.6. The molecule has 0 spiro atoms. The summed E-state index contributed by atoms with van der Waals surface area (Å²) in [5, 5.41) is 0. The average molecular weight is 308 g/mol. The number of benzene rings is 2. The third kappa shape index (κ3) is 3.06. The van der Waals surface area contributed by atoms with Gasteiger partial charge in [0.15, 0.2) is 0 Å². The number of nitrogens with zero attached hydrogens (tertiary/aromatic N) is 1. The van der Waals surface area contributed by atoms with E-state index in [9.17, 15) is 12.8 Å². The van der Waals surface area contributed by atoms with Gasteiger partial charge in [-0.3, -0.25) is 4.31 Å². The van der Waals surface area contributed by atoms with Gasteiger partial charge in [-0.05, 0) is 42.3 Å². The van der Waals surface area contributed by atoms with Crippen molar-refractivity contribution in [2.24, 2.45) is 5.73 Å². The second kappa shape index (κ2) is 5.83. The predicted octanol–water partition coefficient (Wildman–Crippen LogP) is 2.42. The van der Waals surface area contributed by atoms with Crippen molar-refractivity contribution in [2.75, 3.05) is 11.4 Å². The molecule has 2 rings (SSSR count). The van der Waals surface area contributed by atoms with Crippen molar-refractivity contribution in [3.05, 3.63) is 59.4 Å². The van der Waals surface area contributed by atoms with Crippen LogP contribution in [0.1, 0.15) is 11.1 Å². The maximum Gasteiger partial charge on any atom is 0.264 e. The summed E-state index contributed by atoms with van der Waals surface area (Å²) >= 11 is 0. The normalized spacial score (nSPS) is 11.4. The van der Waals surface area contributed by atoms with E-state index in [1.54, 1.807) is 25.1 Å². The molecule has 0 heterocycles. The van der Waals surface area contributed by atoms with Gasteiger partial charge in [-0.15, -0.1) is 0 Å². The van der Waals surface area contributed by atoms with Crippen LogP contribution >= 0.6 is 0 Å². The monoisotopic (exact) mass is 308 g/mol. The van der Waals surface area contributed by atoms with Gasteiger partial charge in [0.25, 0.3) is 10.0 Å². The number of aryl methyl sites for hydroxylation is 1. The molecule has 6 heteroatoms. The molecular weight excluding hydrogens is 291 g/mol. The minimum Gasteiger partial charge on any atom is -0.326 e. The number of nitrogens with two attached hydrogens (primary N) is 1. The van der Waals surface area contributed by atoms with E-state index in [1.807, 2.05) is 0 Å². The van der Waals surface area contributed by atoms with Crippen LogP contribution in [0.3, 0.4) is 0 Å². The topological polar surface area (TPSA) is 63.4 Å². The Morgan fingerprint density at radius 1 is 1.19 bits per heavy atom. The van der Waals surface area contributed by atoms with Crippen molar-refractivity contribution in [2.45, 2.75) is 18.4 Å². The molecule has 2 N–H and O–H groups in total. The molecule has 21 heavy (non-hydrogen) atoms. The predicted molar refractivity (Wildman–Crippen MR) is 81.1 cm³/mol. The van der Waals surface area contributed by atoms with Crippen LogP contribution in [0.5, 0.6) is 0 Å². The van der Waals surface area contributed by atoms with Crippen molar-refractivity contribution < 1.29 is 12.8 Å². The lowest BCUT2D eigenvalue weighted by Crippen LogP contribution is -2.27. The first-order chi connectivity index (χ1) is 9.86. The van der Waals surface area contributed by atoms with Crippen LogP contribution in [0.2, 0.25) is 0 Å². The Hall–Kier alpha value is -1.92.